The molecule has 3 rings (SSSR count). The number of carbonyl (C=O) groups excluding carboxylic acids is 1. The molecule has 0 radical (unpaired) electrons. The van der Waals surface area contributed by atoms with Gasteiger partial charge in [-0.2, -0.15) is 0 Å². The first-order valence-electron chi connectivity index (χ1n) is 7.63. The van der Waals surface area contributed by atoms with Gasteiger partial charge in [0.25, 0.3) is 5.91 Å². The molecule has 24 heavy (non-hydrogen) atoms. The number of amides is 1. The molecule has 0 saturated carbocycles. The van der Waals surface area contributed by atoms with E-state index in [0.717, 1.165) is 28.4 Å². The molecular weight excluding hydrogens is 370 g/mol. The van der Waals surface area contributed by atoms with Gasteiger partial charge in [-0.05, 0) is 53.8 Å². The van der Waals surface area contributed by atoms with Crippen molar-refractivity contribution in [3.63, 3.8) is 0 Å². The Bertz CT molecular complexity index is 829. The number of rotatable bonds is 4. The van der Waals surface area contributed by atoms with E-state index in [1.165, 1.54) is 0 Å². The third kappa shape index (κ3) is 3.57. The van der Waals surface area contributed by atoms with Crippen LogP contribution in [0.25, 0.3) is 6.08 Å². The van der Waals surface area contributed by atoms with Crippen LogP contribution in [0.1, 0.15) is 39.5 Å². The molecule has 1 aliphatic rings. The summed E-state index contributed by atoms with van der Waals surface area (Å²) >= 11 is 3.32. The summed E-state index contributed by atoms with van der Waals surface area (Å²) in [7, 11) is 0. The normalized spacial score (nSPS) is 13.9. The third-order valence-corrected chi connectivity index (χ3v) is 4.48. The van der Waals surface area contributed by atoms with Gasteiger partial charge >= 0.3 is 5.97 Å². The van der Waals surface area contributed by atoms with E-state index in [9.17, 15) is 14.7 Å². The van der Waals surface area contributed by atoms with E-state index in [4.69, 9.17) is 0 Å². The number of aryl methyl sites for hydroxylation is 1. The Balaban J connectivity index is 1.84. The van der Waals surface area contributed by atoms with Gasteiger partial charge in [-0.3, -0.25) is 4.79 Å². The zero-order valence-electron chi connectivity index (χ0n) is 12.8. The number of carboxylic acid groups (broad SMARTS) is 1. The lowest BCUT2D eigenvalue weighted by atomic mass is 9.95. The number of hydrogen-bond acceptors (Lipinski definition) is 2. The number of benzene rings is 2. The van der Waals surface area contributed by atoms with Crippen molar-refractivity contribution in [2.75, 3.05) is 0 Å². The number of carbonyl (C=O) groups is 2. The zero-order valence-corrected chi connectivity index (χ0v) is 14.4. The van der Waals surface area contributed by atoms with Crippen LogP contribution in [0, 0.1) is 0 Å². The summed E-state index contributed by atoms with van der Waals surface area (Å²) in [4.78, 5) is 24.1. The monoisotopic (exact) mass is 385 g/mol. The smallest absolute Gasteiger partial charge is 0.330 e. The zero-order chi connectivity index (χ0) is 17.1. The van der Waals surface area contributed by atoms with E-state index in [1.54, 1.807) is 30.3 Å². The van der Waals surface area contributed by atoms with E-state index in [-0.39, 0.29) is 5.91 Å². The van der Waals surface area contributed by atoms with Gasteiger partial charge < -0.3 is 10.4 Å². The van der Waals surface area contributed by atoms with Crippen molar-refractivity contribution in [3.05, 3.63) is 75.3 Å². The molecule has 0 spiro atoms. The van der Waals surface area contributed by atoms with Crippen LogP contribution in [0.15, 0.2) is 53.0 Å². The minimum atomic E-state index is -1.10. The lowest BCUT2D eigenvalue weighted by molar-refractivity contribution is -0.139. The molecular formula is C19H16BrNO3. The summed E-state index contributed by atoms with van der Waals surface area (Å²) in [6, 6.07) is 11.3. The summed E-state index contributed by atoms with van der Waals surface area (Å²) in [6.07, 6.45) is 5.99. The summed E-state index contributed by atoms with van der Waals surface area (Å²) in [5, 5.41) is 12.1. The average molecular weight is 386 g/mol. The highest BCUT2D eigenvalue weighted by Gasteiger charge is 2.23. The fraction of sp³-hybridized carbons (Fsp3) is 0.158. The number of hydrogen-bond donors (Lipinski definition) is 2. The maximum atomic E-state index is 12.5. The van der Waals surface area contributed by atoms with Gasteiger partial charge in [0.05, 0.1) is 0 Å². The van der Waals surface area contributed by atoms with Crippen LogP contribution < -0.4 is 5.32 Å². The van der Waals surface area contributed by atoms with Crippen LogP contribution in [-0.2, 0) is 11.2 Å². The Morgan fingerprint density at radius 3 is 2.75 bits per heavy atom. The highest BCUT2D eigenvalue weighted by molar-refractivity contribution is 9.10. The third-order valence-electron chi connectivity index (χ3n) is 3.99. The molecule has 0 heterocycles. The first kappa shape index (κ1) is 16.5. The largest absolute Gasteiger partial charge is 0.479 e. The molecule has 1 aliphatic carbocycles. The van der Waals surface area contributed by atoms with E-state index in [2.05, 4.69) is 27.3 Å². The van der Waals surface area contributed by atoms with Crippen molar-refractivity contribution < 1.29 is 14.7 Å². The van der Waals surface area contributed by atoms with E-state index in [1.807, 2.05) is 18.2 Å². The first-order chi connectivity index (χ1) is 11.5. The summed E-state index contributed by atoms with van der Waals surface area (Å²) in [5.74, 6) is -1.48. The molecule has 122 valence electrons. The average Bonchev–Trinajstić information content (AvgIpc) is 2.58. The second kappa shape index (κ2) is 7.01. The molecule has 2 N–H and O–H groups in total. The maximum absolute atomic E-state index is 12.5. The standard InChI is InChI=1S/C19H16BrNO3/c20-16-7-3-6-14(11-16)17(19(23)24)21-18(22)15-9-8-12-4-1-2-5-13(12)10-15/h1,3-4,6-11,17H,2,5H2,(H,21,22)(H,23,24)/t17-/m1/s1. The Kier molecular flexibility index (Phi) is 4.81. The van der Waals surface area contributed by atoms with Gasteiger partial charge in [-0.25, -0.2) is 4.79 Å². The number of aliphatic carboxylic acids is 1. The summed E-state index contributed by atoms with van der Waals surface area (Å²) in [6.45, 7) is 0. The Morgan fingerprint density at radius 2 is 2.00 bits per heavy atom. The SMILES string of the molecule is O=C(N[C@@H](C(=O)O)c1cccc(Br)c1)c1ccc2c(c1)CCC=C2. The predicted molar refractivity (Wildman–Crippen MR) is 95.8 cm³/mol. The van der Waals surface area contributed by atoms with Crippen LogP contribution >= 0.6 is 15.9 Å². The fourth-order valence-electron chi connectivity index (χ4n) is 2.76. The second-order valence-electron chi connectivity index (χ2n) is 5.65. The second-order valence-corrected chi connectivity index (χ2v) is 6.57. The van der Waals surface area contributed by atoms with Gasteiger partial charge in [-0.15, -0.1) is 0 Å². The van der Waals surface area contributed by atoms with Crippen molar-refractivity contribution in [2.24, 2.45) is 0 Å². The molecule has 0 bridgehead atoms. The van der Waals surface area contributed by atoms with Crippen LogP contribution in [0.4, 0.5) is 0 Å². The molecule has 2 aromatic carbocycles. The van der Waals surface area contributed by atoms with Gasteiger partial charge in [0.15, 0.2) is 6.04 Å². The van der Waals surface area contributed by atoms with Gasteiger partial charge in [0.1, 0.15) is 0 Å². The molecule has 0 aliphatic heterocycles. The molecule has 1 amide bonds. The summed E-state index contributed by atoms with van der Waals surface area (Å²) in [5.41, 5.74) is 3.22. The van der Waals surface area contributed by atoms with Crippen LogP contribution in [-0.4, -0.2) is 17.0 Å². The predicted octanol–water partition coefficient (Wildman–Crippen LogP) is 3.96. The van der Waals surface area contributed by atoms with Crippen molar-refractivity contribution in [1.82, 2.24) is 5.32 Å². The number of allylic oxidation sites excluding steroid dienone is 1. The van der Waals surface area contributed by atoms with Crippen LogP contribution in [0.2, 0.25) is 0 Å². The van der Waals surface area contributed by atoms with Crippen molar-refractivity contribution in [3.8, 4) is 0 Å². The van der Waals surface area contributed by atoms with E-state index in [0.29, 0.717) is 11.1 Å². The molecule has 5 heteroatoms. The molecule has 4 nitrogen and oxygen atoms in total. The van der Waals surface area contributed by atoms with Crippen molar-refractivity contribution in [1.29, 1.82) is 0 Å². The topological polar surface area (TPSA) is 66.4 Å². The lowest BCUT2D eigenvalue weighted by Gasteiger charge is -2.17. The lowest BCUT2D eigenvalue weighted by Crippen LogP contribution is -2.33. The number of nitrogens with one attached hydrogen (secondary N) is 1. The Labute approximate surface area is 148 Å². The summed E-state index contributed by atoms with van der Waals surface area (Å²) < 4.78 is 0.765. The van der Waals surface area contributed by atoms with E-state index < -0.39 is 12.0 Å². The number of carboxylic acids is 1. The number of halogens is 1. The quantitative estimate of drug-likeness (QED) is 0.836. The molecule has 0 saturated heterocycles. The van der Waals surface area contributed by atoms with Crippen molar-refractivity contribution >= 4 is 33.9 Å². The van der Waals surface area contributed by atoms with E-state index >= 15 is 0 Å². The van der Waals surface area contributed by atoms with Gasteiger partial charge in [0.2, 0.25) is 0 Å². The highest BCUT2D eigenvalue weighted by Crippen LogP contribution is 2.22. The minimum Gasteiger partial charge on any atom is -0.479 e. The molecule has 2 aromatic rings. The van der Waals surface area contributed by atoms with Gasteiger partial charge in [0, 0.05) is 10.0 Å². The van der Waals surface area contributed by atoms with Crippen molar-refractivity contribution in [2.45, 2.75) is 18.9 Å². The highest BCUT2D eigenvalue weighted by atomic mass is 79.9. The first-order valence-corrected chi connectivity index (χ1v) is 8.42. The molecule has 0 fully saturated rings. The number of fused-ring (bicyclic) bond motifs is 1. The Hall–Kier alpha value is -2.40. The molecule has 0 aromatic heterocycles. The maximum Gasteiger partial charge on any atom is 0.330 e. The Morgan fingerprint density at radius 1 is 1.17 bits per heavy atom. The molecule has 0 unspecified atom stereocenters. The molecule has 1 atom stereocenters. The van der Waals surface area contributed by atoms with Crippen LogP contribution in [0.5, 0.6) is 0 Å². The fourth-order valence-corrected chi connectivity index (χ4v) is 3.18. The van der Waals surface area contributed by atoms with Crippen LogP contribution in [0.3, 0.4) is 0 Å². The van der Waals surface area contributed by atoms with Gasteiger partial charge in [-0.1, -0.05) is 46.3 Å². The minimum absolute atomic E-state index is 0.389.